The van der Waals surface area contributed by atoms with E-state index in [1.165, 1.54) is 6.07 Å². The first-order chi connectivity index (χ1) is 9.24. The second-order valence-electron chi connectivity index (χ2n) is 6.39. The molecule has 1 aromatic rings. The maximum atomic E-state index is 13.1. The first-order valence-corrected chi connectivity index (χ1v) is 7.19. The van der Waals surface area contributed by atoms with Gasteiger partial charge in [0.2, 0.25) is 0 Å². The lowest BCUT2D eigenvalue weighted by atomic mass is 9.76. The van der Waals surface area contributed by atoms with Gasteiger partial charge in [0.25, 0.3) is 0 Å². The molecule has 0 aliphatic heterocycles. The Hall–Kier alpha value is -1.29. The molecule has 0 spiro atoms. The number of halogens is 2. The van der Waals surface area contributed by atoms with Crippen molar-refractivity contribution in [3.05, 3.63) is 34.6 Å². The molecule has 1 aromatic carbocycles. The van der Waals surface area contributed by atoms with Crippen molar-refractivity contribution in [1.29, 1.82) is 0 Å². The van der Waals surface area contributed by atoms with Crippen molar-refractivity contribution in [2.45, 2.75) is 51.1 Å². The summed E-state index contributed by atoms with van der Waals surface area (Å²) in [5.41, 5.74) is 6.86. The zero-order valence-corrected chi connectivity index (χ0v) is 12.8. The monoisotopic (exact) mass is 297 g/mol. The molecule has 1 aliphatic rings. The van der Waals surface area contributed by atoms with Gasteiger partial charge in [-0.3, -0.25) is 4.99 Å². The zero-order valence-electron chi connectivity index (χ0n) is 12.1. The standard InChI is InChI=1S/C15H21ClFN3/c1-15(2,3)20-14(18)19-11-6-10(7-11)9-4-5-13(17)12(16)8-9/h4-5,8,10-11H,6-7H2,1-3H3,(H3,18,19,20). The molecule has 3 nitrogen and oxygen atoms in total. The lowest BCUT2D eigenvalue weighted by Gasteiger charge is -2.34. The molecule has 2 rings (SSSR count). The van der Waals surface area contributed by atoms with E-state index in [1.54, 1.807) is 12.1 Å². The van der Waals surface area contributed by atoms with Gasteiger partial charge in [-0.05, 0) is 57.2 Å². The summed E-state index contributed by atoms with van der Waals surface area (Å²) in [5.74, 6) is 0.505. The SMILES string of the molecule is CC(C)(C)NC(N)=NC1CC(c2ccc(F)c(Cl)c2)C1. The number of nitrogens with one attached hydrogen (secondary N) is 1. The van der Waals surface area contributed by atoms with Crippen molar-refractivity contribution in [3.63, 3.8) is 0 Å². The van der Waals surface area contributed by atoms with Crippen molar-refractivity contribution >= 4 is 17.6 Å². The number of benzene rings is 1. The van der Waals surface area contributed by atoms with Crippen LogP contribution in [0.25, 0.3) is 0 Å². The number of hydrogen-bond acceptors (Lipinski definition) is 1. The number of guanidine groups is 1. The highest BCUT2D eigenvalue weighted by atomic mass is 35.5. The van der Waals surface area contributed by atoms with Crippen molar-refractivity contribution < 1.29 is 4.39 Å². The minimum absolute atomic E-state index is 0.0821. The van der Waals surface area contributed by atoms with Crippen LogP contribution < -0.4 is 11.1 Å². The molecule has 0 unspecified atom stereocenters. The summed E-state index contributed by atoms with van der Waals surface area (Å²) in [6, 6.07) is 5.16. The van der Waals surface area contributed by atoms with Crippen LogP contribution in [-0.2, 0) is 0 Å². The van der Waals surface area contributed by atoms with Gasteiger partial charge >= 0.3 is 0 Å². The maximum Gasteiger partial charge on any atom is 0.189 e. The number of hydrogen-bond donors (Lipinski definition) is 2. The average Bonchev–Trinajstić information content (AvgIpc) is 2.24. The van der Waals surface area contributed by atoms with Crippen LogP contribution >= 0.6 is 11.6 Å². The average molecular weight is 298 g/mol. The predicted molar refractivity (Wildman–Crippen MR) is 81.7 cm³/mol. The van der Waals surface area contributed by atoms with E-state index in [-0.39, 0.29) is 22.4 Å². The molecule has 0 radical (unpaired) electrons. The highest BCUT2D eigenvalue weighted by molar-refractivity contribution is 6.30. The molecule has 5 heteroatoms. The molecule has 0 bridgehead atoms. The van der Waals surface area contributed by atoms with Gasteiger partial charge in [-0.1, -0.05) is 17.7 Å². The second-order valence-corrected chi connectivity index (χ2v) is 6.79. The number of rotatable bonds is 2. The van der Waals surface area contributed by atoms with E-state index in [9.17, 15) is 4.39 Å². The van der Waals surface area contributed by atoms with Crippen LogP contribution in [0.3, 0.4) is 0 Å². The molecule has 1 aliphatic carbocycles. The number of aliphatic imine (C=N–C) groups is 1. The van der Waals surface area contributed by atoms with E-state index in [2.05, 4.69) is 10.3 Å². The lowest BCUT2D eigenvalue weighted by Crippen LogP contribution is -2.46. The highest BCUT2D eigenvalue weighted by Gasteiger charge is 2.30. The molecule has 3 N–H and O–H groups in total. The predicted octanol–water partition coefficient (Wildman–Crippen LogP) is 3.43. The van der Waals surface area contributed by atoms with E-state index in [4.69, 9.17) is 17.3 Å². The zero-order chi connectivity index (χ0) is 14.9. The van der Waals surface area contributed by atoms with Crippen LogP contribution in [0, 0.1) is 5.82 Å². The minimum Gasteiger partial charge on any atom is -0.370 e. The van der Waals surface area contributed by atoms with Gasteiger partial charge in [-0.15, -0.1) is 0 Å². The largest absolute Gasteiger partial charge is 0.370 e. The van der Waals surface area contributed by atoms with Crippen LogP contribution in [0.5, 0.6) is 0 Å². The summed E-state index contributed by atoms with van der Waals surface area (Å²) in [6.45, 7) is 6.12. The van der Waals surface area contributed by atoms with E-state index < -0.39 is 0 Å². The Balaban J connectivity index is 1.91. The van der Waals surface area contributed by atoms with Gasteiger partial charge < -0.3 is 11.1 Å². The van der Waals surface area contributed by atoms with E-state index >= 15 is 0 Å². The number of nitrogens with zero attached hydrogens (tertiary/aromatic N) is 1. The Morgan fingerprint density at radius 3 is 2.60 bits per heavy atom. The molecule has 0 heterocycles. The molecule has 0 atom stereocenters. The summed E-state index contributed by atoms with van der Waals surface area (Å²) in [7, 11) is 0. The molecule has 0 saturated heterocycles. The fourth-order valence-electron chi connectivity index (χ4n) is 2.34. The summed E-state index contributed by atoms with van der Waals surface area (Å²) in [4.78, 5) is 4.46. The van der Waals surface area contributed by atoms with E-state index in [1.807, 2.05) is 20.8 Å². The molecule has 1 fully saturated rings. The van der Waals surface area contributed by atoms with Crippen molar-refractivity contribution in [2.24, 2.45) is 10.7 Å². The van der Waals surface area contributed by atoms with Gasteiger partial charge in [-0.25, -0.2) is 4.39 Å². The summed E-state index contributed by atoms with van der Waals surface area (Å²) in [5, 5.41) is 3.33. The van der Waals surface area contributed by atoms with Crippen LogP contribution in [0.4, 0.5) is 4.39 Å². The van der Waals surface area contributed by atoms with Gasteiger partial charge in [-0.2, -0.15) is 0 Å². The van der Waals surface area contributed by atoms with Crippen molar-refractivity contribution in [3.8, 4) is 0 Å². The summed E-state index contributed by atoms with van der Waals surface area (Å²) < 4.78 is 13.1. The Morgan fingerprint density at radius 2 is 2.05 bits per heavy atom. The second kappa shape index (κ2) is 5.60. The van der Waals surface area contributed by atoms with Crippen LogP contribution in [-0.4, -0.2) is 17.5 Å². The quantitative estimate of drug-likeness (QED) is 0.649. The van der Waals surface area contributed by atoms with Crippen molar-refractivity contribution in [2.75, 3.05) is 0 Å². The van der Waals surface area contributed by atoms with E-state index in [0.717, 1.165) is 18.4 Å². The Morgan fingerprint density at radius 1 is 1.40 bits per heavy atom. The normalized spacial score (nSPS) is 23.4. The van der Waals surface area contributed by atoms with Crippen molar-refractivity contribution in [1.82, 2.24) is 5.32 Å². The maximum absolute atomic E-state index is 13.1. The molecule has 1 saturated carbocycles. The van der Waals surface area contributed by atoms with Crippen LogP contribution in [0.15, 0.2) is 23.2 Å². The molecule has 0 amide bonds. The lowest BCUT2D eigenvalue weighted by molar-refractivity contribution is 0.351. The van der Waals surface area contributed by atoms with E-state index in [0.29, 0.717) is 11.9 Å². The smallest absolute Gasteiger partial charge is 0.189 e. The fraction of sp³-hybridized carbons (Fsp3) is 0.533. The Kier molecular flexibility index (Phi) is 4.23. The fourth-order valence-corrected chi connectivity index (χ4v) is 2.53. The first-order valence-electron chi connectivity index (χ1n) is 6.81. The highest BCUT2D eigenvalue weighted by Crippen LogP contribution is 2.39. The van der Waals surface area contributed by atoms with Gasteiger partial charge in [0.1, 0.15) is 5.82 Å². The first kappa shape index (κ1) is 15.1. The Bertz CT molecular complexity index is 516. The van der Waals surface area contributed by atoms with Gasteiger partial charge in [0, 0.05) is 5.54 Å². The molecule has 0 aromatic heterocycles. The molecular formula is C15H21ClFN3. The van der Waals surface area contributed by atoms with Crippen LogP contribution in [0.1, 0.15) is 45.1 Å². The topological polar surface area (TPSA) is 50.4 Å². The third kappa shape index (κ3) is 3.85. The Labute approximate surface area is 124 Å². The molecule has 20 heavy (non-hydrogen) atoms. The number of nitrogens with two attached hydrogens (primary N) is 1. The minimum atomic E-state index is -0.372. The summed E-state index contributed by atoms with van der Waals surface area (Å²) >= 11 is 5.80. The van der Waals surface area contributed by atoms with Gasteiger partial charge in [0.05, 0.1) is 11.1 Å². The van der Waals surface area contributed by atoms with Crippen LogP contribution in [0.2, 0.25) is 5.02 Å². The molecule has 110 valence electrons. The third-order valence-electron chi connectivity index (χ3n) is 3.35. The van der Waals surface area contributed by atoms with Gasteiger partial charge in [0.15, 0.2) is 5.96 Å². The summed E-state index contributed by atoms with van der Waals surface area (Å²) in [6.07, 6.45) is 1.85. The molecular weight excluding hydrogens is 277 g/mol. The third-order valence-corrected chi connectivity index (χ3v) is 3.64.